The molecule has 3 atom stereocenters. The van der Waals surface area contributed by atoms with Crippen LogP contribution in [0.2, 0.25) is 0 Å². The van der Waals surface area contributed by atoms with Gasteiger partial charge in [-0.25, -0.2) is 8.42 Å². The summed E-state index contributed by atoms with van der Waals surface area (Å²) in [5, 5.41) is -0.168. The van der Waals surface area contributed by atoms with E-state index in [1.54, 1.807) is 4.31 Å². The van der Waals surface area contributed by atoms with Crippen molar-refractivity contribution < 1.29 is 17.9 Å². The summed E-state index contributed by atoms with van der Waals surface area (Å²) in [5.41, 5.74) is 0. The first-order valence-corrected chi connectivity index (χ1v) is 10.6. The SMILES string of the molecule is CN1CCN(C(=O)[C@H]2C[C@@H]3CCN(S(=O)(=O)C4CC4)C[C@H]3O2)CC1. The second-order valence-corrected chi connectivity index (χ2v) is 9.89. The molecule has 4 aliphatic rings. The monoisotopic (exact) mass is 357 g/mol. The lowest BCUT2D eigenvalue weighted by Gasteiger charge is -2.34. The van der Waals surface area contributed by atoms with Crippen LogP contribution in [0.1, 0.15) is 25.7 Å². The highest BCUT2D eigenvalue weighted by molar-refractivity contribution is 7.90. The van der Waals surface area contributed by atoms with Crippen molar-refractivity contribution in [3.63, 3.8) is 0 Å². The van der Waals surface area contributed by atoms with Gasteiger partial charge in [0.05, 0.1) is 11.4 Å². The summed E-state index contributed by atoms with van der Waals surface area (Å²) in [6.45, 7) is 4.33. The number of hydrogen-bond acceptors (Lipinski definition) is 5. The zero-order valence-corrected chi connectivity index (χ0v) is 15.1. The van der Waals surface area contributed by atoms with Crippen LogP contribution >= 0.6 is 0 Å². The number of amides is 1. The fourth-order valence-electron chi connectivity index (χ4n) is 4.10. The number of fused-ring (bicyclic) bond motifs is 1. The Kier molecular flexibility index (Phi) is 4.35. The maximum absolute atomic E-state index is 12.7. The van der Waals surface area contributed by atoms with Crippen molar-refractivity contribution >= 4 is 15.9 Å². The molecule has 0 aromatic carbocycles. The van der Waals surface area contributed by atoms with Crippen LogP contribution in [0.25, 0.3) is 0 Å². The Labute approximate surface area is 144 Å². The van der Waals surface area contributed by atoms with Crippen LogP contribution in [0, 0.1) is 5.92 Å². The molecule has 1 saturated carbocycles. The number of ether oxygens (including phenoxy) is 1. The van der Waals surface area contributed by atoms with Crippen molar-refractivity contribution in [1.29, 1.82) is 0 Å². The highest BCUT2D eigenvalue weighted by atomic mass is 32.2. The van der Waals surface area contributed by atoms with E-state index in [4.69, 9.17) is 4.74 Å². The van der Waals surface area contributed by atoms with Gasteiger partial charge in [-0.1, -0.05) is 0 Å². The van der Waals surface area contributed by atoms with Gasteiger partial charge in [0, 0.05) is 39.3 Å². The molecule has 0 spiro atoms. The fourth-order valence-corrected chi connectivity index (χ4v) is 5.97. The van der Waals surface area contributed by atoms with Crippen LogP contribution in [0.4, 0.5) is 0 Å². The van der Waals surface area contributed by atoms with Crippen LogP contribution in [-0.2, 0) is 19.6 Å². The number of hydrogen-bond donors (Lipinski definition) is 0. The van der Waals surface area contributed by atoms with Gasteiger partial charge in [-0.05, 0) is 38.6 Å². The Balaban J connectivity index is 1.36. The quantitative estimate of drug-likeness (QED) is 0.696. The standard InChI is InChI=1S/C16H27N3O4S/c1-17-6-8-18(9-7-17)16(20)14-10-12-4-5-19(11-15(12)23-14)24(21,22)13-2-3-13/h12-15H,2-11H2,1H3/t12-,14+,15+/m0/s1. The van der Waals surface area contributed by atoms with Crippen molar-refractivity contribution in [2.75, 3.05) is 46.3 Å². The normalized spacial score (nSPS) is 35.9. The fraction of sp³-hybridized carbons (Fsp3) is 0.938. The lowest BCUT2D eigenvalue weighted by molar-refractivity contribution is -0.144. The van der Waals surface area contributed by atoms with E-state index in [0.717, 1.165) is 51.9 Å². The number of rotatable bonds is 3. The maximum atomic E-state index is 12.7. The van der Waals surface area contributed by atoms with Crippen LogP contribution in [-0.4, -0.2) is 92.2 Å². The number of sulfonamides is 1. The number of carbonyl (C=O) groups excluding carboxylic acids is 1. The molecule has 8 heteroatoms. The van der Waals surface area contributed by atoms with Gasteiger partial charge in [-0.2, -0.15) is 4.31 Å². The van der Waals surface area contributed by atoms with Crippen molar-refractivity contribution in [3.05, 3.63) is 0 Å². The van der Waals surface area contributed by atoms with Gasteiger partial charge < -0.3 is 14.5 Å². The van der Waals surface area contributed by atoms with Crippen molar-refractivity contribution in [3.8, 4) is 0 Å². The van der Waals surface area contributed by atoms with Gasteiger partial charge in [0.15, 0.2) is 0 Å². The van der Waals surface area contributed by atoms with Gasteiger partial charge in [0.1, 0.15) is 6.10 Å². The molecule has 7 nitrogen and oxygen atoms in total. The Morgan fingerprint density at radius 3 is 2.42 bits per heavy atom. The van der Waals surface area contributed by atoms with Crippen LogP contribution in [0.5, 0.6) is 0 Å². The Morgan fingerprint density at radius 1 is 1.04 bits per heavy atom. The zero-order chi connectivity index (χ0) is 16.9. The van der Waals surface area contributed by atoms with Crippen molar-refractivity contribution in [2.24, 2.45) is 5.92 Å². The topological polar surface area (TPSA) is 70.2 Å². The average molecular weight is 357 g/mol. The van der Waals surface area contributed by atoms with Crippen LogP contribution in [0.15, 0.2) is 0 Å². The van der Waals surface area contributed by atoms with E-state index in [2.05, 4.69) is 11.9 Å². The summed E-state index contributed by atoms with van der Waals surface area (Å²) in [6.07, 6.45) is 2.63. The minimum atomic E-state index is -3.14. The second kappa shape index (κ2) is 6.23. The minimum Gasteiger partial charge on any atom is -0.363 e. The number of piperidine rings is 1. The van der Waals surface area contributed by atoms with E-state index in [9.17, 15) is 13.2 Å². The van der Waals surface area contributed by atoms with E-state index in [-0.39, 0.29) is 23.4 Å². The molecule has 3 heterocycles. The van der Waals surface area contributed by atoms with E-state index in [0.29, 0.717) is 19.0 Å². The molecule has 0 radical (unpaired) electrons. The molecule has 4 fully saturated rings. The molecule has 3 saturated heterocycles. The molecule has 24 heavy (non-hydrogen) atoms. The van der Waals surface area contributed by atoms with Gasteiger partial charge in [0.25, 0.3) is 5.91 Å². The van der Waals surface area contributed by atoms with E-state index < -0.39 is 10.0 Å². The van der Waals surface area contributed by atoms with Crippen LogP contribution < -0.4 is 0 Å². The van der Waals surface area contributed by atoms with Gasteiger partial charge in [0.2, 0.25) is 10.0 Å². The molecule has 3 aliphatic heterocycles. The Hall–Kier alpha value is -0.700. The molecule has 1 aliphatic carbocycles. The number of nitrogens with zero attached hydrogens (tertiary/aromatic N) is 3. The summed E-state index contributed by atoms with van der Waals surface area (Å²) < 4.78 is 32.5. The first kappa shape index (κ1) is 16.8. The predicted octanol–water partition coefficient (Wildman–Crippen LogP) is -0.268. The lowest BCUT2D eigenvalue weighted by Crippen LogP contribution is -2.50. The van der Waals surface area contributed by atoms with E-state index in [1.807, 2.05) is 4.90 Å². The highest BCUT2D eigenvalue weighted by Gasteiger charge is 2.48. The zero-order valence-electron chi connectivity index (χ0n) is 14.3. The Bertz CT molecular complexity index is 598. The number of piperazine rings is 1. The molecule has 0 N–H and O–H groups in total. The molecular weight excluding hydrogens is 330 g/mol. The molecule has 0 bridgehead atoms. The second-order valence-electron chi connectivity index (χ2n) is 7.68. The summed E-state index contributed by atoms with van der Waals surface area (Å²) in [7, 11) is -1.07. The highest BCUT2D eigenvalue weighted by Crippen LogP contribution is 2.38. The first-order chi connectivity index (χ1) is 11.4. The molecular formula is C16H27N3O4S. The minimum absolute atomic E-state index is 0.0918. The number of likely N-dealkylation sites (N-methyl/N-ethyl adjacent to an activating group) is 1. The summed E-state index contributed by atoms with van der Waals surface area (Å²) >= 11 is 0. The summed E-state index contributed by atoms with van der Waals surface area (Å²) in [5.74, 6) is 0.408. The third-order valence-electron chi connectivity index (χ3n) is 5.91. The number of carbonyl (C=O) groups is 1. The van der Waals surface area contributed by atoms with Gasteiger partial charge in [-0.15, -0.1) is 0 Å². The molecule has 0 unspecified atom stereocenters. The van der Waals surface area contributed by atoms with Crippen molar-refractivity contribution in [1.82, 2.24) is 14.1 Å². The van der Waals surface area contributed by atoms with Crippen LogP contribution in [0.3, 0.4) is 0 Å². The average Bonchev–Trinajstić information content (AvgIpc) is 3.34. The summed E-state index contributed by atoms with van der Waals surface area (Å²) in [6, 6.07) is 0. The molecule has 0 aromatic heterocycles. The first-order valence-electron chi connectivity index (χ1n) is 9.07. The maximum Gasteiger partial charge on any atom is 0.251 e. The molecule has 4 rings (SSSR count). The molecule has 1 amide bonds. The Morgan fingerprint density at radius 2 is 1.75 bits per heavy atom. The summed E-state index contributed by atoms with van der Waals surface area (Å²) in [4.78, 5) is 16.8. The molecule has 136 valence electrons. The van der Waals surface area contributed by atoms with Gasteiger partial charge >= 0.3 is 0 Å². The van der Waals surface area contributed by atoms with Crippen molar-refractivity contribution in [2.45, 2.75) is 43.1 Å². The van der Waals surface area contributed by atoms with Gasteiger partial charge in [-0.3, -0.25) is 4.79 Å². The largest absolute Gasteiger partial charge is 0.363 e. The molecule has 0 aromatic rings. The van der Waals surface area contributed by atoms with E-state index in [1.165, 1.54) is 0 Å². The smallest absolute Gasteiger partial charge is 0.251 e. The third kappa shape index (κ3) is 3.09. The van der Waals surface area contributed by atoms with E-state index >= 15 is 0 Å². The third-order valence-corrected chi connectivity index (χ3v) is 8.28. The predicted molar refractivity (Wildman–Crippen MR) is 89.0 cm³/mol. The lowest BCUT2D eigenvalue weighted by atomic mass is 9.92.